The van der Waals surface area contributed by atoms with Crippen molar-refractivity contribution in [2.24, 2.45) is 0 Å². The molecule has 494 valence electrons. The smallest absolute Gasteiger partial charge is 0.314 e. The van der Waals surface area contributed by atoms with Gasteiger partial charge in [0.25, 0.3) is 39.3 Å². The standard InChI is InChI=1S/C66H84N8O12S6/c1-51-10-22-59(23-11-51)87(75,76)65(88(77,78)60-24-12-52(2)13-25-60)49-71-40-38-67-34-36-69-42-44-73(65,91(83,84)63-30-18-55(5)19-31-63)47-57-8-7-9-58(46-57)48-74(92(85,86)64-32-20-56(6)21-33-64)45-43-70-37-35-68-39-41-72-50-66(74,89(79,80)61-26-14-53(3)15-27-61)90(81,82)62-28-16-54(4)17-29-62/h7-33,46,67-72H,34-45,47-50H2,1-6H3/q+2. The molecule has 2 saturated heterocycles. The van der Waals surface area contributed by atoms with Crippen LogP contribution >= 0.6 is 0 Å². The lowest BCUT2D eigenvalue weighted by Crippen LogP contribution is -2.77. The molecule has 0 saturated carbocycles. The van der Waals surface area contributed by atoms with E-state index in [0.29, 0.717) is 46.5 Å². The lowest BCUT2D eigenvalue weighted by molar-refractivity contribution is -0.841. The fourth-order valence-electron chi connectivity index (χ4n) is 12.4. The summed E-state index contributed by atoms with van der Waals surface area (Å²) in [5.74, 6) is 0. The largest absolute Gasteiger partial charge is 0.335 e. The third-order valence-electron chi connectivity index (χ3n) is 17.6. The first-order valence-corrected chi connectivity index (χ1v) is 39.3. The van der Waals surface area contributed by atoms with Crippen molar-refractivity contribution in [2.75, 3.05) is 91.6 Å². The lowest BCUT2D eigenvalue weighted by atomic mass is 10.1. The maximum absolute atomic E-state index is 17.0. The van der Waals surface area contributed by atoms with Crippen molar-refractivity contribution in [1.29, 1.82) is 0 Å². The fraction of sp³-hybridized carbons (Fsp3) is 0.364. The van der Waals surface area contributed by atoms with Crippen LogP contribution in [-0.2, 0) is 72.5 Å². The molecule has 0 spiro atoms. The number of quaternary nitrogens is 2. The molecular weight excluding hydrogens is 1290 g/mol. The second-order valence-electron chi connectivity index (χ2n) is 24.0. The third kappa shape index (κ3) is 12.8. The first kappa shape index (κ1) is 70.2. The van der Waals surface area contributed by atoms with Gasteiger partial charge in [0, 0.05) is 76.6 Å². The Labute approximate surface area is 544 Å². The highest BCUT2D eigenvalue weighted by molar-refractivity contribution is 8.11. The highest BCUT2D eigenvalue weighted by Gasteiger charge is 2.76. The Morgan fingerprint density at radius 2 is 0.511 bits per heavy atom. The number of sulfone groups is 4. The number of benzene rings is 7. The van der Waals surface area contributed by atoms with Gasteiger partial charge < -0.3 is 31.9 Å². The van der Waals surface area contributed by atoms with Gasteiger partial charge in [-0.15, -0.1) is 0 Å². The zero-order valence-electron chi connectivity index (χ0n) is 52.7. The molecule has 0 aliphatic carbocycles. The van der Waals surface area contributed by atoms with E-state index in [4.69, 9.17) is 0 Å². The highest BCUT2D eigenvalue weighted by Crippen LogP contribution is 2.51. The van der Waals surface area contributed by atoms with Gasteiger partial charge in [-0.05, 0) is 120 Å². The second-order valence-corrected chi connectivity index (χ2v) is 37.4. The van der Waals surface area contributed by atoms with Gasteiger partial charge in [-0.3, -0.25) is 0 Å². The molecule has 20 nitrogen and oxygen atoms in total. The molecule has 2 atom stereocenters. The van der Waals surface area contributed by atoms with E-state index >= 15 is 50.5 Å². The average Bonchev–Trinajstić information content (AvgIpc) is 0.681. The molecule has 92 heavy (non-hydrogen) atoms. The molecule has 0 radical (unpaired) electrons. The van der Waals surface area contributed by atoms with Crippen molar-refractivity contribution in [2.45, 2.75) is 92.4 Å². The Kier molecular flexibility index (Phi) is 21.4. The topological polar surface area (TPSA) is 277 Å². The number of nitrogens with one attached hydrogen (secondary N) is 6. The van der Waals surface area contributed by atoms with Crippen LogP contribution in [0.4, 0.5) is 0 Å². The number of rotatable bonds is 16. The van der Waals surface area contributed by atoms with E-state index < -0.39 is 144 Å². The van der Waals surface area contributed by atoms with E-state index in [1.807, 2.05) is 0 Å². The summed E-state index contributed by atoms with van der Waals surface area (Å²) in [6.45, 7) is 6.17. The van der Waals surface area contributed by atoms with Gasteiger partial charge >= 0.3 is 28.5 Å². The highest BCUT2D eigenvalue weighted by atomic mass is 32.3. The molecule has 9 rings (SSSR count). The van der Waals surface area contributed by atoms with E-state index in [-0.39, 0.29) is 63.5 Å². The molecule has 7 aromatic carbocycles. The summed E-state index contributed by atoms with van der Waals surface area (Å²) >= 11 is 0. The van der Waals surface area contributed by atoms with Gasteiger partial charge in [-0.1, -0.05) is 124 Å². The molecule has 2 fully saturated rings. The van der Waals surface area contributed by atoms with Crippen LogP contribution in [0.5, 0.6) is 0 Å². The molecule has 0 bridgehead atoms. The normalized spacial score (nSPS) is 20.5. The van der Waals surface area contributed by atoms with Gasteiger partial charge in [-0.2, -0.15) is 24.6 Å². The van der Waals surface area contributed by atoms with Crippen molar-refractivity contribution in [3.8, 4) is 0 Å². The summed E-state index contributed by atoms with van der Waals surface area (Å²) in [5.41, 5.74) is 3.73. The first-order valence-electron chi connectivity index (χ1n) is 30.5. The van der Waals surface area contributed by atoms with Crippen molar-refractivity contribution in [3.05, 3.63) is 214 Å². The molecule has 2 aliphatic heterocycles. The van der Waals surface area contributed by atoms with Crippen LogP contribution in [0.25, 0.3) is 0 Å². The molecule has 7 aromatic rings. The summed E-state index contributed by atoms with van der Waals surface area (Å²) in [7, 11) is -32.9. The Hall–Kier alpha value is -6.08. The van der Waals surface area contributed by atoms with Crippen LogP contribution in [0.15, 0.2) is 199 Å². The Morgan fingerprint density at radius 1 is 0.293 bits per heavy atom. The molecule has 0 amide bonds. The third-order valence-corrected chi connectivity index (χ3v) is 34.4. The second kappa shape index (κ2) is 28.1. The van der Waals surface area contributed by atoms with Crippen molar-refractivity contribution >= 4 is 59.4 Å². The molecule has 2 heterocycles. The van der Waals surface area contributed by atoms with E-state index in [0.717, 1.165) is 0 Å². The van der Waals surface area contributed by atoms with E-state index in [1.165, 1.54) is 170 Å². The van der Waals surface area contributed by atoms with Crippen LogP contribution in [0.1, 0.15) is 44.5 Å². The van der Waals surface area contributed by atoms with Crippen molar-refractivity contribution < 1.29 is 58.3 Å². The quantitative estimate of drug-likeness (QED) is 0.0632. The van der Waals surface area contributed by atoms with Gasteiger partial charge in [0.05, 0.1) is 32.7 Å². The molecular formula is C66H84N8O12S6+2. The number of hydrogen-bond acceptors (Lipinski definition) is 18. The number of hydrogen-bond donors (Lipinski definition) is 6. The fourth-order valence-corrected chi connectivity index (χ4v) is 29.2. The first-order chi connectivity index (χ1) is 43.6. The average molecular weight is 1370 g/mol. The van der Waals surface area contributed by atoms with Gasteiger partial charge in [-0.25, -0.2) is 33.7 Å². The van der Waals surface area contributed by atoms with Crippen LogP contribution in [0.3, 0.4) is 0 Å². The van der Waals surface area contributed by atoms with Gasteiger partial charge in [0.2, 0.25) is 0 Å². The van der Waals surface area contributed by atoms with Crippen LogP contribution in [0, 0.1) is 41.5 Å². The summed E-state index contributed by atoms with van der Waals surface area (Å²) < 4.78 is 193. The Bertz CT molecular complexity index is 4020. The minimum Gasteiger partial charge on any atom is -0.314 e. The molecule has 2 unspecified atom stereocenters. The predicted octanol–water partition coefficient (Wildman–Crippen LogP) is 5.72. The van der Waals surface area contributed by atoms with Gasteiger partial charge in [0.15, 0.2) is 0 Å². The molecule has 2 aliphatic rings. The monoisotopic (exact) mass is 1370 g/mol. The lowest BCUT2D eigenvalue weighted by Gasteiger charge is -2.50. The zero-order valence-corrected chi connectivity index (χ0v) is 57.6. The predicted molar refractivity (Wildman–Crippen MR) is 357 cm³/mol. The van der Waals surface area contributed by atoms with Crippen LogP contribution in [0.2, 0.25) is 0 Å². The van der Waals surface area contributed by atoms with Crippen LogP contribution in [-0.4, -0.2) is 158 Å². The van der Waals surface area contributed by atoms with Crippen molar-refractivity contribution in [3.63, 3.8) is 0 Å². The minimum atomic E-state index is -5.53. The molecule has 0 aromatic heterocycles. The van der Waals surface area contributed by atoms with E-state index in [1.54, 1.807) is 41.5 Å². The van der Waals surface area contributed by atoms with E-state index in [9.17, 15) is 0 Å². The SMILES string of the molecule is Cc1ccc(S(=O)(=O)C2(S(=O)(=O)c3ccc(C)cc3)CNCCNCCNCC[N+]2(Cc2cccc(C[N+]3(S(=O)(=O)c4ccc(C)cc4)CCNCCNCCNCC3(S(=O)(=O)c3ccc(C)cc3)S(=O)(=O)c3ccc(C)cc3)c2)S(=O)(=O)c2ccc(C)cc2)cc1. The number of aryl methyl sites for hydroxylation is 6. The summed E-state index contributed by atoms with van der Waals surface area (Å²) in [6, 6.07) is 39.3. The maximum atomic E-state index is 17.0. The number of sulfonamides is 2. The molecule has 26 heteroatoms. The maximum Gasteiger partial charge on any atom is 0.335 e. The summed E-state index contributed by atoms with van der Waals surface area (Å²) in [6.07, 6.45) is 0. The molecule has 6 N–H and O–H groups in total. The Balaban J connectivity index is 1.44. The number of nitrogens with zero attached hydrogens (tertiary/aromatic N) is 2. The minimum absolute atomic E-state index is 0.0247. The van der Waals surface area contributed by atoms with Crippen LogP contribution < -0.4 is 31.9 Å². The zero-order chi connectivity index (χ0) is 66.4. The Morgan fingerprint density at radius 3 is 0.761 bits per heavy atom. The summed E-state index contributed by atoms with van der Waals surface area (Å²) in [5, 5.41) is 19.3. The van der Waals surface area contributed by atoms with Crippen molar-refractivity contribution in [1.82, 2.24) is 31.9 Å². The van der Waals surface area contributed by atoms with E-state index in [2.05, 4.69) is 31.9 Å². The summed E-state index contributed by atoms with van der Waals surface area (Å²) in [4.78, 5) is -2.78. The van der Waals surface area contributed by atoms with Gasteiger partial charge in [0.1, 0.15) is 36.0 Å².